The third kappa shape index (κ3) is 3.01. The van der Waals surface area contributed by atoms with Crippen LogP contribution in [-0.2, 0) is 0 Å². The summed E-state index contributed by atoms with van der Waals surface area (Å²) >= 11 is 0. The van der Waals surface area contributed by atoms with Crippen molar-refractivity contribution in [3.05, 3.63) is 24.0 Å². The van der Waals surface area contributed by atoms with Gasteiger partial charge in [0, 0.05) is 18.8 Å². The highest BCUT2D eigenvalue weighted by molar-refractivity contribution is 5.92. The minimum absolute atomic E-state index is 0.299. The Labute approximate surface area is 125 Å². The van der Waals surface area contributed by atoms with Crippen LogP contribution in [0.15, 0.2) is 18.2 Å². The van der Waals surface area contributed by atoms with Crippen LogP contribution in [0.2, 0.25) is 0 Å². The van der Waals surface area contributed by atoms with Gasteiger partial charge in [-0.3, -0.25) is 0 Å². The van der Waals surface area contributed by atoms with Crippen LogP contribution in [0.3, 0.4) is 0 Å². The highest BCUT2D eigenvalue weighted by Crippen LogP contribution is 2.22. The van der Waals surface area contributed by atoms with Gasteiger partial charge in [0.2, 0.25) is 0 Å². The Morgan fingerprint density at radius 2 is 2.32 bits per heavy atom. The molecule has 22 heavy (non-hydrogen) atoms. The lowest BCUT2D eigenvalue weighted by Gasteiger charge is -2.30. The molecule has 2 aromatic rings. The van der Waals surface area contributed by atoms with Crippen molar-refractivity contribution in [2.45, 2.75) is 25.4 Å². The van der Waals surface area contributed by atoms with Crippen LogP contribution < -0.4 is 5.32 Å². The largest absolute Gasteiger partial charge is 0.391 e. The maximum Gasteiger partial charge on any atom is 0.321 e. The number of likely N-dealkylation sites (tertiary alicyclic amines) is 1. The number of nitrogens with one attached hydrogen (secondary N) is 2. The highest BCUT2D eigenvalue weighted by atomic mass is 19.3. The van der Waals surface area contributed by atoms with E-state index in [1.165, 1.54) is 4.90 Å². The number of hydrogen-bond acceptors (Lipinski definition) is 3. The second-order valence-corrected chi connectivity index (χ2v) is 5.33. The van der Waals surface area contributed by atoms with Crippen LogP contribution in [0.25, 0.3) is 11.0 Å². The fourth-order valence-corrected chi connectivity index (χ4v) is 2.55. The average molecular weight is 310 g/mol. The molecule has 1 aromatic heterocycles. The third-order valence-corrected chi connectivity index (χ3v) is 3.64. The normalized spacial score (nSPS) is 18.9. The number of carbonyl (C=O) groups is 1. The molecule has 1 aliphatic heterocycles. The molecule has 6 nitrogen and oxygen atoms in total. The van der Waals surface area contributed by atoms with Crippen LogP contribution in [0.4, 0.5) is 19.3 Å². The van der Waals surface area contributed by atoms with E-state index in [0.29, 0.717) is 36.2 Å². The van der Waals surface area contributed by atoms with Gasteiger partial charge in [0.1, 0.15) is 0 Å². The number of piperidine rings is 1. The quantitative estimate of drug-likeness (QED) is 0.797. The summed E-state index contributed by atoms with van der Waals surface area (Å²) in [7, 11) is 0. The molecule has 1 atom stereocenters. The predicted molar refractivity (Wildman–Crippen MR) is 76.9 cm³/mol. The molecule has 0 aliphatic carbocycles. The lowest BCUT2D eigenvalue weighted by atomic mass is 10.1. The third-order valence-electron chi connectivity index (χ3n) is 3.64. The zero-order valence-corrected chi connectivity index (χ0v) is 11.7. The molecule has 0 saturated carbocycles. The van der Waals surface area contributed by atoms with Gasteiger partial charge in [-0.2, -0.15) is 0 Å². The molecule has 0 radical (unpaired) electrons. The maximum atomic E-state index is 12.6. The Morgan fingerprint density at radius 1 is 1.50 bits per heavy atom. The number of imidazole rings is 1. The number of aliphatic hydroxyl groups is 1. The predicted octanol–water partition coefficient (Wildman–Crippen LogP) is 2.49. The number of halogens is 2. The zero-order chi connectivity index (χ0) is 15.7. The summed E-state index contributed by atoms with van der Waals surface area (Å²) < 4.78 is 25.2. The lowest BCUT2D eigenvalue weighted by Crippen LogP contribution is -2.44. The molecule has 3 rings (SSSR count). The van der Waals surface area contributed by atoms with Crippen LogP contribution >= 0.6 is 0 Å². The molecular weight excluding hydrogens is 294 g/mol. The molecule has 1 saturated heterocycles. The number of carbonyl (C=O) groups excluding carboxylic acids is 1. The highest BCUT2D eigenvalue weighted by Gasteiger charge is 2.22. The van der Waals surface area contributed by atoms with Gasteiger partial charge in [-0.25, -0.2) is 18.6 Å². The standard InChI is InChI=1S/C14H16F2N4O2/c15-12(16)13-18-10-4-3-8(6-11(10)19-13)17-14(22)20-5-1-2-9(21)7-20/h3-4,6,9,12,21H,1-2,5,7H2,(H,17,22)(H,18,19). The van der Waals surface area contributed by atoms with Crippen LogP contribution in [0.5, 0.6) is 0 Å². The van der Waals surface area contributed by atoms with Gasteiger partial charge in [0.25, 0.3) is 6.43 Å². The number of aromatic amines is 1. The van der Waals surface area contributed by atoms with Gasteiger partial charge in [-0.1, -0.05) is 0 Å². The Balaban J connectivity index is 1.74. The molecule has 118 valence electrons. The van der Waals surface area contributed by atoms with Gasteiger partial charge in [0.05, 0.1) is 17.1 Å². The molecule has 1 aliphatic rings. The van der Waals surface area contributed by atoms with Gasteiger partial charge in [-0.05, 0) is 31.0 Å². The summed E-state index contributed by atoms with van der Waals surface area (Å²) in [5.74, 6) is -0.391. The fraction of sp³-hybridized carbons (Fsp3) is 0.429. The molecule has 8 heteroatoms. The molecular formula is C14H16F2N4O2. The summed E-state index contributed by atoms with van der Waals surface area (Å²) in [5.41, 5.74) is 1.34. The summed E-state index contributed by atoms with van der Waals surface area (Å²) in [6.07, 6.45) is -1.71. The molecule has 0 bridgehead atoms. The molecule has 3 N–H and O–H groups in total. The van der Waals surface area contributed by atoms with E-state index in [2.05, 4.69) is 15.3 Å². The number of nitrogens with zero attached hydrogens (tertiary/aromatic N) is 2. The van der Waals surface area contributed by atoms with E-state index in [0.717, 1.165) is 6.42 Å². The monoisotopic (exact) mass is 310 g/mol. The molecule has 2 amide bonds. The number of fused-ring (bicyclic) bond motifs is 1. The first-order chi connectivity index (χ1) is 10.5. The fourth-order valence-electron chi connectivity index (χ4n) is 2.55. The molecule has 1 unspecified atom stereocenters. The van der Waals surface area contributed by atoms with Crippen molar-refractivity contribution >= 4 is 22.8 Å². The Bertz CT molecular complexity index is 689. The second-order valence-electron chi connectivity index (χ2n) is 5.33. The summed E-state index contributed by atoms with van der Waals surface area (Å²) in [4.78, 5) is 20.0. The van der Waals surface area contributed by atoms with Crippen molar-refractivity contribution in [3.8, 4) is 0 Å². The van der Waals surface area contributed by atoms with E-state index in [-0.39, 0.29) is 6.03 Å². The van der Waals surface area contributed by atoms with Crippen LogP contribution in [0, 0.1) is 0 Å². The summed E-state index contributed by atoms with van der Waals surface area (Å²) in [6.45, 7) is 0.887. The number of amides is 2. The number of H-pyrrole nitrogens is 1. The van der Waals surface area contributed by atoms with Gasteiger partial charge in [-0.15, -0.1) is 0 Å². The van der Waals surface area contributed by atoms with Crippen molar-refractivity contribution in [1.82, 2.24) is 14.9 Å². The molecule has 0 spiro atoms. The first kappa shape index (κ1) is 14.7. The van der Waals surface area contributed by atoms with Gasteiger partial charge < -0.3 is 20.3 Å². The number of rotatable bonds is 2. The molecule has 1 fully saturated rings. The van der Waals surface area contributed by atoms with E-state index < -0.39 is 18.4 Å². The van der Waals surface area contributed by atoms with Crippen molar-refractivity contribution in [3.63, 3.8) is 0 Å². The van der Waals surface area contributed by atoms with E-state index in [1.807, 2.05) is 0 Å². The van der Waals surface area contributed by atoms with Crippen molar-refractivity contribution in [1.29, 1.82) is 0 Å². The Morgan fingerprint density at radius 3 is 3.05 bits per heavy atom. The minimum Gasteiger partial charge on any atom is -0.391 e. The van der Waals surface area contributed by atoms with E-state index >= 15 is 0 Å². The number of aliphatic hydroxyl groups excluding tert-OH is 1. The SMILES string of the molecule is O=C(Nc1ccc2nc(C(F)F)[nH]c2c1)N1CCCC(O)C1. The first-order valence-corrected chi connectivity index (χ1v) is 7.05. The average Bonchev–Trinajstić information content (AvgIpc) is 2.90. The zero-order valence-electron chi connectivity index (χ0n) is 11.7. The van der Waals surface area contributed by atoms with Crippen molar-refractivity contribution in [2.24, 2.45) is 0 Å². The lowest BCUT2D eigenvalue weighted by molar-refractivity contribution is 0.0883. The van der Waals surface area contributed by atoms with Crippen LogP contribution in [0.1, 0.15) is 25.1 Å². The molecule has 1 aromatic carbocycles. The second kappa shape index (κ2) is 5.88. The molecule has 2 heterocycles. The number of urea groups is 1. The van der Waals surface area contributed by atoms with Crippen LogP contribution in [-0.4, -0.2) is 45.2 Å². The summed E-state index contributed by atoms with van der Waals surface area (Å²) in [6, 6.07) is 4.42. The Kier molecular flexibility index (Phi) is 3.93. The maximum absolute atomic E-state index is 12.6. The number of hydrogen-bond donors (Lipinski definition) is 3. The number of β-amino-alcohol motifs (C(OH)–C–C–N with tert-alkyl or cyclic N) is 1. The smallest absolute Gasteiger partial charge is 0.321 e. The van der Waals surface area contributed by atoms with E-state index in [4.69, 9.17) is 0 Å². The van der Waals surface area contributed by atoms with Gasteiger partial charge >= 0.3 is 6.03 Å². The van der Waals surface area contributed by atoms with E-state index in [9.17, 15) is 18.7 Å². The summed E-state index contributed by atoms with van der Waals surface area (Å²) in [5, 5.41) is 12.3. The Hall–Kier alpha value is -2.22. The van der Waals surface area contributed by atoms with E-state index in [1.54, 1.807) is 18.2 Å². The number of aromatic nitrogens is 2. The number of alkyl halides is 2. The minimum atomic E-state index is -2.67. The number of benzene rings is 1. The number of anilines is 1. The topological polar surface area (TPSA) is 81.2 Å². The van der Waals surface area contributed by atoms with Crippen molar-refractivity contribution < 1.29 is 18.7 Å². The van der Waals surface area contributed by atoms with Crippen molar-refractivity contribution in [2.75, 3.05) is 18.4 Å². The first-order valence-electron chi connectivity index (χ1n) is 7.05. The van der Waals surface area contributed by atoms with Gasteiger partial charge in [0.15, 0.2) is 5.82 Å².